The fourth-order valence-corrected chi connectivity index (χ4v) is 2.13. The Morgan fingerprint density at radius 2 is 1.62 bits per heavy atom. The van der Waals surface area contributed by atoms with E-state index in [0.29, 0.717) is 28.2 Å². The van der Waals surface area contributed by atoms with Crippen molar-refractivity contribution in [1.29, 1.82) is 0 Å². The lowest BCUT2D eigenvalue weighted by atomic mass is 10.1. The molecule has 0 spiro atoms. The molecular formula is C17H13N3O4. The van der Waals surface area contributed by atoms with Crippen LogP contribution >= 0.6 is 0 Å². The van der Waals surface area contributed by atoms with Gasteiger partial charge in [-0.1, -0.05) is 17.3 Å². The van der Waals surface area contributed by atoms with Gasteiger partial charge in [-0.15, -0.1) is 0 Å². The van der Waals surface area contributed by atoms with E-state index in [1.54, 1.807) is 48.5 Å². The van der Waals surface area contributed by atoms with Gasteiger partial charge in [-0.3, -0.25) is 19.1 Å². The molecule has 2 aromatic carbocycles. The molecule has 1 heterocycles. The topological polar surface area (TPSA) is 105 Å². The minimum absolute atomic E-state index is 0.0524. The molecule has 7 heteroatoms. The number of nitrogens with one attached hydrogen (secondary N) is 2. The number of Topliss-reactive ketones (excluding diaryl/α,β-unsaturated/α-hetero) is 1. The number of anilines is 1. The number of aromatic amines is 1. The second-order valence-electron chi connectivity index (χ2n) is 5.11. The van der Waals surface area contributed by atoms with Gasteiger partial charge in [-0.2, -0.15) is 0 Å². The first-order chi connectivity index (χ1) is 11.5. The Morgan fingerprint density at radius 3 is 2.17 bits per heavy atom. The van der Waals surface area contributed by atoms with Crippen molar-refractivity contribution in [2.75, 3.05) is 5.32 Å². The van der Waals surface area contributed by atoms with Gasteiger partial charge in [0.1, 0.15) is 0 Å². The maximum absolute atomic E-state index is 12.2. The highest BCUT2D eigenvalue weighted by Crippen LogP contribution is 2.17. The molecule has 3 aromatic rings. The number of carbonyl (C=O) groups excluding carboxylic acids is 2. The normalized spacial score (nSPS) is 10.4. The van der Waals surface area contributed by atoms with Crippen molar-refractivity contribution in [2.45, 2.75) is 6.92 Å². The summed E-state index contributed by atoms with van der Waals surface area (Å²) in [5.41, 5.74) is 2.25. The molecule has 0 atom stereocenters. The summed E-state index contributed by atoms with van der Waals surface area (Å²) in [6, 6.07) is 13.2. The van der Waals surface area contributed by atoms with Crippen LogP contribution in [0, 0.1) is 0 Å². The molecule has 0 aliphatic carbocycles. The zero-order valence-corrected chi connectivity index (χ0v) is 12.7. The predicted octanol–water partition coefficient (Wildman–Crippen LogP) is 2.48. The van der Waals surface area contributed by atoms with Crippen LogP contribution in [0.3, 0.4) is 0 Å². The first kappa shape index (κ1) is 15.4. The quantitative estimate of drug-likeness (QED) is 0.718. The SMILES string of the molecule is CC(=O)c1ccc(C(=O)Nc2ccc(-c3noc(=O)[nH]3)cc2)cc1. The van der Waals surface area contributed by atoms with Crippen LogP contribution in [-0.4, -0.2) is 21.8 Å². The van der Waals surface area contributed by atoms with E-state index in [0.717, 1.165) is 0 Å². The molecule has 0 radical (unpaired) electrons. The lowest BCUT2D eigenvalue weighted by molar-refractivity contribution is 0.101. The summed E-state index contributed by atoms with van der Waals surface area (Å²) in [4.78, 5) is 36.8. The van der Waals surface area contributed by atoms with E-state index in [1.165, 1.54) is 6.92 Å². The van der Waals surface area contributed by atoms with E-state index in [2.05, 4.69) is 20.0 Å². The first-order valence-electron chi connectivity index (χ1n) is 7.12. The average Bonchev–Trinajstić information content (AvgIpc) is 3.02. The van der Waals surface area contributed by atoms with Gasteiger partial charge in [-0.25, -0.2) is 4.79 Å². The molecule has 1 amide bonds. The fraction of sp³-hybridized carbons (Fsp3) is 0.0588. The Hall–Kier alpha value is -3.48. The van der Waals surface area contributed by atoms with Crippen LogP contribution in [0.5, 0.6) is 0 Å². The number of rotatable bonds is 4. The molecule has 7 nitrogen and oxygen atoms in total. The van der Waals surface area contributed by atoms with Crippen LogP contribution in [0.15, 0.2) is 57.8 Å². The molecule has 24 heavy (non-hydrogen) atoms. The molecule has 0 aliphatic heterocycles. The second-order valence-corrected chi connectivity index (χ2v) is 5.11. The third-order valence-corrected chi connectivity index (χ3v) is 3.41. The van der Waals surface area contributed by atoms with Gasteiger partial charge in [0, 0.05) is 22.4 Å². The van der Waals surface area contributed by atoms with Crippen molar-refractivity contribution in [3.63, 3.8) is 0 Å². The highest BCUT2D eigenvalue weighted by Gasteiger charge is 2.08. The molecule has 3 rings (SSSR count). The fourth-order valence-electron chi connectivity index (χ4n) is 2.13. The van der Waals surface area contributed by atoms with Crippen LogP contribution in [0.2, 0.25) is 0 Å². The van der Waals surface area contributed by atoms with Crippen molar-refractivity contribution in [3.05, 3.63) is 70.2 Å². The van der Waals surface area contributed by atoms with Crippen molar-refractivity contribution < 1.29 is 14.1 Å². The minimum Gasteiger partial charge on any atom is -0.322 e. The third-order valence-electron chi connectivity index (χ3n) is 3.41. The summed E-state index contributed by atoms with van der Waals surface area (Å²) in [6.07, 6.45) is 0. The Morgan fingerprint density at radius 1 is 1.00 bits per heavy atom. The standard InChI is InChI=1S/C17H13N3O4/c1-10(21)11-2-4-13(5-3-11)16(22)18-14-8-6-12(7-9-14)15-19-17(23)24-20-15/h2-9H,1H3,(H,18,22)(H,19,20,23). The van der Waals surface area contributed by atoms with E-state index in [4.69, 9.17) is 0 Å². The molecule has 120 valence electrons. The van der Waals surface area contributed by atoms with Gasteiger partial charge < -0.3 is 5.32 Å². The summed E-state index contributed by atoms with van der Waals surface area (Å²) in [6.45, 7) is 1.47. The van der Waals surface area contributed by atoms with Crippen molar-refractivity contribution in [1.82, 2.24) is 10.1 Å². The van der Waals surface area contributed by atoms with E-state index in [-0.39, 0.29) is 11.7 Å². The number of hydrogen-bond acceptors (Lipinski definition) is 5. The molecule has 0 unspecified atom stereocenters. The minimum atomic E-state index is -0.628. The highest BCUT2D eigenvalue weighted by atomic mass is 16.5. The molecule has 0 fully saturated rings. The number of aromatic nitrogens is 2. The summed E-state index contributed by atoms with van der Waals surface area (Å²) < 4.78 is 4.44. The number of hydrogen-bond donors (Lipinski definition) is 2. The third kappa shape index (κ3) is 3.30. The molecule has 0 saturated carbocycles. The molecular weight excluding hydrogens is 310 g/mol. The van der Waals surface area contributed by atoms with Gasteiger partial charge >= 0.3 is 5.76 Å². The van der Waals surface area contributed by atoms with Crippen LogP contribution in [-0.2, 0) is 0 Å². The number of ketones is 1. The van der Waals surface area contributed by atoms with Gasteiger partial charge in [0.2, 0.25) is 0 Å². The number of H-pyrrole nitrogens is 1. The lowest BCUT2D eigenvalue weighted by Crippen LogP contribution is -2.12. The maximum atomic E-state index is 12.2. The number of carbonyl (C=O) groups is 2. The van der Waals surface area contributed by atoms with E-state index in [1.807, 2.05) is 0 Å². The second kappa shape index (κ2) is 6.33. The van der Waals surface area contributed by atoms with Crippen LogP contribution in [0.1, 0.15) is 27.6 Å². The highest BCUT2D eigenvalue weighted by molar-refractivity contribution is 6.05. The van der Waals surface area contributed by atoms with E-state index >= 15 is 0 Å². The summed E-state index contributed by atoms with van der Waals surface area (Å²) in [5, 5.41) is 6.34. The van der Waals surface area contributed by atoms with Crippen molar-refractivity contribution >= 4 is 17.4 Å². The first-order valence-corrected chi connectivity index (χ1v) is 7.12. The van der Waals surface area contributed by atoms with Crippen molar-refractivity contribution in [3.8, 4) is 11.4 Å². The Balaban J connectivity index is 1.72. The Bertz CT molecular complexity index is 937. The zero-order valence-electron chi connectivity index (χ0n) is 12.7. The van der Waals surface area contributed by atoms with Crippen LogP contribution in [0.25, 0.3) is 11.4 Å². The summed E-state index contributed by atoms with van der Waals surface area (Å²) in [5.74, 6) is -0.648. The van der Waals surface area contributed by atoms with E-state index in [9.17, 15) is 14.4 Å². The average molecular weight is 323 g/mol. The molecule has 0 bridgehead atoms. The van der Waals surface area contributed by atoms with E-state index < -0.39 is 5.76 Å². The van der Waals surface area contributed by atoms with Gasteiger partial charge in [0.15, 0.2) is 11.6 Å². The molecule has 0 saturated heterocycles. The monoisotopic (exact) mass is 323 g/mol. The largest absolute Gasteiger partial charge is 0.439 e. The van der Waals surface area contributed by atoms with Crippen LogP contribution in [0.4, 0.5) is 5.69 Å². The molecule has 2 N–H and O–H groups in total. The maximum Gasteiger partial charge on any atom is 0.439 e. The van der Waals surface area contributed by atoms with Gasteiger partial charge in [0.05, 0.1) is 0 Å². The Labute approximate surface area is 136 Å². The van der Waals surface area contributed by atoms with Gasteiger partial charge in [0.25, 0.3) is 5.91 Å². The van der Waals surface area contributed by atoms with Crippen LogP contribution < -0.4 is 11.1 Å². The van der Waals surface area contributed by atoms with Crippen molar-refractivity contribution in [2.24, 2.45) is 0 Å². The summed E-state index contributed by atoms with van der Waals surface area (Å²) in [7, 11) is 0. The lowest BCUT2D eigenvalue weighted by Gasteiger charge is -2.06. The van der Waals surface area contributed by atoms with Gasteiger partial charge in [-0.05, 0) is 43.3 Å². The predicted molar refractivity (Wildman–Crippen MR) is 87.0 cm³/mol. The molecule has 1 aromatic heterocycles. The zero-order chi connectivity index (χ0) is 17.1. The summed E-state index contributed by atoms with van der Waals surface area (Å²) >= 11 is 0. The molecule has 0 aliphatic rings. The Kier molecular flexibility index (Phi) is 4.07. The number of amides is 1. The smallest absolute Gasteiger partial charge is 0.322 e. The number of nitrogens with zero attached hydrogens (tertiary/aromatic N) is 1. The number of benzene rings is 2.